The molecule has 0 radical (unpaired) electrons. The van der Waals surface area contributed by atoms with Gasteiger partial charge in [-0.05, 0) is 25.5 Å². The molecule has 0 N–H and O–H groups in total. The number of hydrogen-bond acceptors (Lipinski definition) is 6. The Kier molecular flexibility index (Phi) is 3.98. The Bertz CT molecular complexity index is 680. The molecule has 3 rings (SSSR count). The molecule has 2 aromatic heterocycles. The van der Waals surface area contributed by atoms with Gasteiger partial charge in [0.25, 0.3) is 0 Å². The van der Waals surface area contributed by atoms with E-state index in [0.717, 1.165) is 12.2 Å². The minimum atomic E-state index is -0.467. The molecular formula is C15H16N2O4S. The number of hydrogen-bond donors (Lipinski definition) is 0. The summed E-state index contributed by atoms with van der Waals surface area (Å²) in [7, 11) is 1.67. The second-order valence-electron chi connectivity index (χ2n) is 5.10. The maximum Gasteiger partial charge on any atom is 0.357 e. The third-order valence-corrected chi connectivity index (χ3v) is 4.53. The SMILES string of the molecule is CCOC(=O)c1csc(N(C)C(=O)[C@@H]2C[C@@H]2c2ccco2)n1. The average Bonchev–Trinajstić information content (AvgIpc) is 2.96. The van der Waals surface area contributed by atoms with Crippen LogP contribution in [0, 0.1) is 5.92 Å². The zero-order valence-corrected chi connectivity index (χ0v) is 13.1. The monoisotopic (exact) mass is 320 g/mol. The number of nitrogens with zero attached hydrogens (tertiary/aromatic N) is 2. The Morgan fingerprint density at radius 2 is 2.36 bits per heavy atom. The van der Waals surface area contributed by atoms with E-state index in [0.29, 0.717) is 11.7 Å². The number of rotatable bonds is 5. The number of ether oxygens (including phenoxy) is 1. The van der Waals surface area contributed by atoms with Crippen LogP contribution in [-0.2, 0) is 9.53 Å². The van der Waals surface area contributed by atoms with Crippen LogP contribution in [-0.4, -0.2) is 30.5 Å². The third-order valence-electron chi connectivity index (χ3n) is 3.61. The molecule has 0 spiro atoms. The molecule has 0 bridgehead atoms. The Morgan fingerprint density at radius 3 is 3.05 bits per heavy atom. The van der Waals surface area contributed by atoms with Crippen molar-refractivity contribution in [1.29, 1.82) is 0 Å². The number of esters is 1. The fraction of sp³-hybridized carbons (Fsp3) is 0.400. The third kappa shape index (κ3) is 2.76. The molecule has 1 aliphatic carbocycles. The summed E-state index contributed by atoms with van der Waals surface area (Å²) < 4.78 is 10.2. The van der Waals surface area contributed by atoms with E-state index >= 15 is 0 Å². The molecule has 2 heterocycles. The summed E-state index contributed by atoms with van der Waals surface area (Å²) in [6, 6.07) is 3.71. The highest BCUT2D eigenvalue weighted by Crippen LogP contribution is 2.48. The molecule has 1 fully saturated rings. The van der Waals surface area contributed by atoms with Gasteiger partial charge in [0.2, 0.25) is 5.91 Å². The van der Waals surface area contributed by atoms with Gasteiger partial charge in [-0.1, -0.05) is 0 Å². The molecule has 0 aromatic carbocycles. The van der Waals surface area contributed by atoms with Crippen LogP contribution in [0.1, 0.15) is 35.5 Å². The van der Waals surface area contributed by atoms with E-state index in [4.69, 9.17) is 9.15 Å². The highest BCUT2D eigenvalue weighted by Gasteiger charge is 2.47. The van der Waals surface area contributed by atoms with E-state index in [9.17, 15) is 9.59 Å². The zero-order chi connectivity index (χ0) is 15.7. The van der Waals surface area contributed by atoms with Crippen LogP contribution in [0.2, 0.25) is 0 Å². The first-order chi connectivity index (χ1) is 10.6. The van der Waals surface area contributed by atoms with Crippen molar-refractivity contribution in [2.75, 3.05) is 18.6 Å². The number of carbonyl (C=O) groups excluding carboxylic acids is 2. The first kappa shape index (κ1) is 14.8. The van der Waals surface area contributed by atoms with E-state index < -0.39 is 5.97 Å². The highest BCUT2D eigenvalue weighted by molar-refractivity contribution is 7.14. The molecule has 22 heavy (non-hydrogen) atoms. The molecule has 2 aromatic rings. The standard InChI is InChI=1S/C15H16N2O4S/c1-3-20-14(19)11-8-22-15(16-11)17(2)13(18)10-7-9(10)12-5-4-6-21-12/h4-6,8-10H,3,7H2,1-2H3/t9-,10+/m0/s1. The van der Waals surface area contributed by atoms with Crippen molar-refractivity contribution in [2.45, 2.75) is 19.3 Å². The number of thiazole rings is 1. The van der Waals surface area contributed by atoms with Crippen molar-refractivity contribution < 1.29 is 18.7 Å². The molecule has 0 saturated heterocycles. The smallest absolute Gasteiger partial charge is 0.357 e. The Morgan fingerprint density at radius 1 is 1.55 bits per heavy atom. The van der Waals surface area contributed by atoms with Crippen LogP contribution in [0.15, 0.2) is 28.2 Å². The topological polar surface area (TPSA) is 72.6 Å². The summed E-state index contributed by atoms with van der Waals surface area (Å²) in [6.45, 7) is 2.04. The van der Waals surface area contributed by atoms with Crippen LogP contribution in [0.25, 0.3) is 0 Å². The maximum atomic E-state index is 12.5. The van der Waals surface area contributed by atoms with Gasteiger partial charge in [0.05, 0.1) is 12.9 Å². The van der Waals surface area contributed by atoms with Crippen LogP contribution >= 0.6 is 11.3 Å². The van der Waals surface area contributed by atoms with Gasteiger partial charge in [0.1, 0.15) is 5.76 Å². The van der Waals surface area contributed by atoms with Crippen molar-refractivity contribution in [1.82, 2.24) is 4.98 Å². The number of furan rings is 1. The molecule has 0 aliphatic heterocycles. The van der Waals surface area contributed by atoms with Crippen LogP contribution in [0.4, 0.5) is 5.13 Å². The predicted octanol–water partition coefficient (Wildman–Crippen LogP) is 2.68. The van der Waals surface area contributed by atoms with Crippen LogP contribution in [0.3, 0.4) is 0 Å². The van der Waals surface area contributed by atoms with Crippen LogP contribution < -0.4 is 4.90 Å². The van der Waals surface area contributed by atoms with Gasteiger partial charge in [0.15, 0.2) is 10.8 Å². The number of amides is 1. The molecule has 116 valence electrons. The molecule has 1 saturated carbocycles. The van der Waals surface area contributed by atoms with E-state index in [1.807, 2.05) is 12.1 Å². The Labute approximate surface area is 131 Å². The van der Waals surface area contributed by atoms with Crippen molar-refractivity contribution in [2.24, 2.45) is 5.92 Å². The first-order valence-electron chi connectivity index (χ1n) is 7.05. The summed E-state index contributed by atoms with van der Waals surface area (Å²) in [5.74, 6) is 0.440. The average molecular weight is 320 g/mol. The summed E-state index contributed by atoms with van der Waals surface area (Å²) >= 11 is 1.25. The largest absolute Gasteiger partial charge is 0.469 e. The summed E-state index contributed by atoms with van der Waals surface area (Å²) in [4.78, 5) is 29.7. The van der Waals surface area contributed by atoms with Crippen molar-refractivity contribution in [3.05, 3.63) is 35.2 Å². The molecule has 6 nitrogen and oxygen atoms in total. The van der Waals surface area contributed by atoms with E-state index in [1.54, 1.807) is 25.6 Å². The number of aromatic nitrogens is 1. The lowest BCUT2D eigenvalue weighted by molar-refractivity contribution is -0.119. The fourth-order valence-corrected chi connectivity index (χ4v) is 3.11. The molecular weight excluding hydrogens is 304 g/mol. The van der Waals surface area contributed by atoms with Crippen molar-refractivity contribution in [3.63, 3.8) is 0 Å². The van der Waals surface area contributed by atoms with Crippen molar-refractivity contribution >= 4 is 28.3 Å². The minimum absolute atomic E-state index is 0.00819. The molecule has 1 amide bonds. The van der Waals surface area contributed by atoms with E-state index in [2.05, 4.69) is 4.98 Å². The molecule has 2 atom stereocenters. The fourth-order valence-electron chi connectivity index (χ4n) is 2.34. The van der Waals surface area contributed by atoms with E-state index in [1.165, 1.54) is 16.2 Å². The second-order valence-corrected chi connectivity index (χ2v) is 5.93. The second kappa shape index (κ2) is 5.92. The first-order valence-corrected chi connectivity index (χ1v) is 7.93. The van der Waals surface area contributed by atoms with Gasteiger partial charge in [-0.3, -0.25) is 9.69 Å². The van der Waals surface area contributed by atoms with Gasteiger partial charge in [0, 0.05) is 24.3 Å². The summed E-state index contributed by atoms with van der Waals surface area (Å²) in [6.07, 6.45) is 2.40. The normalized spacial score (nSPS) is 19.7. The van der Waals surface area contributed by atoms with Gasteiger partial charge in [-0.2, -0.15) is 0 Å². The lowest BCUT2D eigenvalue weighted by Crippen LogP contribution is -2.28. The Hall–Kier alpha value is -2.15. The minimum Gasteiger partial charge on any atom is -0.469 e. The lowest BCUT2D eigenvalue weighted by Gasteiger charge is -2.13. The maximum absolute atomic E-state index is 12.5. The quantitative estimate of drug-likeness (QED) is 0.792. The van der Waals surface area contributed by atoms with Crippen molar-refractivity contribution in [3.8, 4) is 0 Å². The van der Waals surface area contributed by atoms with Gasteiger partial charge in [-0.25, -0.2) is 9.78 Å². The molecule has 7 heteroatoms. The van der Waals surface area contributed by atoms with E-state index in [-0.39, 0.29) is 23.4 Å². The van der Waals surface area contributed by atoms with Gasteiger partial charge < -0.3 is 9.15 Å². The highest BCUT2D eigenvalue weighted by atomic mass is 32.1. The summed E-state index contributed by atoms with van der Waals surface area (Å²) in [5, 5.41) is 2.10. The van der Waals surface area contributed by atoms with Gasteiger partial charge >= 0.3 is 5.97 Å². The molecule has 1 aliphatic rings. The Balaban J connectivity index is 1.66. The molecule has 0 unspecified atom stereocenters. The van der Waals surface area contributed by atoms with Crippen LogP contribution in [0.5, 0.6) is 0 Å². The number of anilines is 1. The lowest BCUT2D eigenvalue weighted by atomic mass is 10.2. The number of carbonyl (C=O) groups is 2. The zero-order valence-electron chi connectivity index (χ0n) is 12.3. The predicted molar refractivity (Wildman–Crippen MR) is 81.0 cm³/mol. The van der Waals surface area contributed by atoms with Gasteiger partial charge in [-0.15, -0.1) is 11.3 Å². The summed E-state index contributed by atoms with van der Waals surface area (Å²) in [5.41, 5.74) is 0.236.